The first kappa shape index (κ1) is 19.1. The number of hydrogen-bond acceptors (Lipinski definition) is 4. The van der Waals surface area contributed by atoms with Crippen molar-refractivity contribution < 1.29 is 9.53 Å². The molecule has 0 saturated carbocycles. The molecular weight excluding hydrogens is 374 g/mol. The maximum Gasteiger partial charge on any atom is 0.227 e. The van der Waals surface area contributed by atoms with E-state index in [1.807, 2.05) is 29.2 Å². The van der Waals surface area contributed by atoms with Gasteiger partial charge in [-0.25, -0.2) is 0 Å². The van der Waals surface area contributed by atoms with Crippen LogP contribution in [0.1, 0.15) is 5.56 Å². The summed E-state index contributed by atoms with van der Waals surface area (Å²) in [5.74, 6) is 0.184. The summed E-state index contributed by atoms with van der Waals surface area (Å²) in [6, 6.07) is 16.1. The zero-order valence-electron chi connectivity index (χ0n) is 16.0. The molecule has 0 unspecified atom stereocenters. The molecule has 5 nitrogen and oxygen atoms in total. The molecule has 0 aromatic heterocycles. The smallest absolute Gasteiger partial charge is 0.227 e. The van der Waals surface area contributed by atoms with Gasteiger partial charge >= 0.3 is 0 Å². The number of ether oxygens (including phenoxy) is 1. The Kier molecular flexibility index (Phi) is 6.03. The molecule has 2 aromatic carbocycles. The van der Waals surface area contributed by atoms with Crippen LogP contribution < -0.4 is 9.80 Å². The van der Waals surface area contributed by atoms with E-state index >= 15 is 0 Å². The molecule has 28 heavy (non-hydrogen) atoms. The van der Waals surface area contributed by atoms with Gasteiger partial charge in [0, 0.05) is 44.3 Å². The SMILES string of the molecule is O=C(Cc1ccc(Cl)cc1)N1CCN(c2ccccc2N2CCOCC2)CC1. The van der Waals surface area contributed by atoms with Gasteiger partial charge in [-0.2, -0.15) is 0 Å². The first-order valence-electron chi connectivity index (χ1n) is 9.89. The molecule has 2 saturated heterocycles. The number of amides is 1. The number of benzene rings is 2. The first-order chi connectivity index (χ1) is 13.7. The molecular formula is C22H26ClN3O2. The third-order valence-corrected chi connectivity index (χ3v) is 5.73. The molecule has 148 valence electrons. The lowest BCUT2D eigenvalue weighted by Gasteiger charge is -2.39. The van der Waals surface area contributed by atoms with Gasteiger partial charge in [0.05, 0.1) is 31.0 Å². The predicted molar refractivity (Wildman–Crippen MR) is 113 cm³/mol. The lowest BCUT2D eigenvalue weighted by molar-refractivity contribution is -0.130. The van der Waals surface area contributed by atoms with Crippen molar-refractivity contribution in [2.45, 2.75) is 6.42 Å². The second-order valence-electron chi connectivity index (χ2n) is 7.26. The molecule has 2 aliphatic rings. The van der Waals surface area contributed by atoms with E-state index in [0.29, 0.717) is 11.4 Å². The van der Waals surface area contributed by atoms with Crippen molar-refractivity contribution in [2.75, 3.05) is 62.3 Å². The Labute approximate surface area is 171 Å². The Morgan fingerprint density at radius 3 is 2.00 bits per heavy atom. The molecule has 2 fully saturated rings. The normalized spacial score (nSPS) is 17.7. The van der Waals surface area contributed by atoms with Crippen LogP contribution in [0, 0.1) is 0 Å². The fourth-order valence-electron chi connectivity index (χ4n) is 3.89. The summed E-state index contributed by atoms with van der Waals surface area (Å²) < 4.78 is 5.50. The number of carbonyl (C=O) groups is 1. The van der Waals surface area contributed by atoms with Gasteiger partial charge in [-0.3, -0.25) is 4.79 Å². The van der Waals surface area contributed by atoms with Crippen molar-refractivity contribution in [1.82, 2.24) is 4.90 Å². The van der Waals surface area contributed by atoms with E-state index in [4.69, 9.17) is 16.3 Å². The minimum absolute atomic E-state index is 0.184. The number of hydrogen-bond donors (Lipinski definition) is 0. The van der Waals surface area contributed by atoms with E-state index in [1.54, 1.807) is 0 Å². The lowest BCUT2D eigenvalue weighted by atomic mass is 10.1. The van der Waals surface area contributed by atoms with Gasteiger partial charge in [-0.15, -0.1) is 0 Å². The molecule has 0 atom stereocenters. The van der Waals surface area contributed by atoms with E-state index in [1.165, 1.54) is 11.4 Å². The summed E-state index contributed by atoms with van der Waals surface area (Å²) in [6.07, 6.45) is 0.432. The van der Waals surface area contributed by atoms with Gasteiger partial charge in [-0.05, 0) is 29.8 Å². The number of para-hydroxylation sites is 2. The Balaban J connectivity index is 1.38. The highest BCUT2D eigenvalue weighted by molar-refractivity contribution is 6.30. The molecule has 0 aliphatic carbocycles. The maximum atomic E-state index is 12.7. The summed E-state index contributed by atoms with van der Waals surface area (Å²) in [5, 5.41) is 0.698. The highest BCUT2D eigenvalue weighted by Gasteiger charge is 2.24. The fraction of sp³-hybridized carbons (Fsp3) is 0.409. The summed E-state index contributed by atoms with van der Waals surface area (Å²) in [5.41, 5.74) is 3.54. The quantitative estimate of drug-likeness (QED) is 0.791. The van der Waals surface area contributed by atoms with E-state index in [-0.39, 0.29) is 5.91 Å². The van der Waals surface area contributed by atoms with Crippen LogP contribution >= 0.6 is 11.6 Å². The Hall–Kier alpha value is -2.24. The van der Waals surface area contributed by atoms with Crippen LogP contribution in [-0.2, 0) is 16.0 Å². The van der Waals surface area contributed by atoms with Gasteiger partial charge in [0.15, 0.2) is 0 Å². The van der Waals surface area contributed by atoms with Gasteiger partial charge in [0.1, 0.15) is 0 Å². The third-order valence-electron chi connectivity index (χ3n) is 5.48. The average molecular weight is 400 g/mol. The minimum Gasteiger partial charge on any atom is -0.378 e. The topological polar surface area (TPSA) is 36.0 Å². The standard InChI is InChI=1S/C22H26ClN3O2/c23-19-7-5-18(6-8-19)17-22(27)26-11-9-24(10-12-26)20-3-1-2-4-21(20)25-13-15-28-16-14-25/h1-8H,9-17H2. The molecule has 0 radical (unpaired) electrons. The number of halogens is 1. The van der Waals surface area contributed by atoms with Gasteiger partial charge in [-0.1, -0.05) is 35.9 Å². The lowest BCUT2D eigenvalue weighted by Crippen LogP contribution is -2.49. The van der Waals surface area contributed by atoms with E-state index < -0.39 is 0 Å². The zero-order chi connectivity index (χ0) is 19.3. The highest BCUT2D eigenvalue weighted by Crippen LogP contribution is 2.30. The van der Waals surface area contributed by atoms with Crippen molar-refractivity contribution in [3.05, 3.63) is 59.1 Å². The molecule has 0 N–H and O–H groups in total. The van der Waals surface area contributed by atoms with Gasteiger partial charge in [0.2, 0.25) is 5.91 Å². The Morgan fingerprint density at radius 2 is 1.39 bits per heavy atom. The second kappa shape index (κ2) is 8.84. The van der Waals surface area contributed by atoms with Crippen molar-refractivity contribution in [3.8, 4) is 0 Å². The van der Waals surface area contributed by atoms with Crippen molar-refractivity contribution in [1.29, 1.82) is 0 Å². The van der Waals surface area contributed by atoms with Crippen LogP contribution in [0.25, 0.3) is 0 Å². The third kappa shape index (κ3) is 4.42. The number of nitrogens with zero attached hydrogens (tertiary/aromatic N) is 3. The van der Waals surface area contributed by atoms with E-state index in [0.717, 1.165) is 58.0 Å². The number of rotatable bonds is 4. The van der Waals surface area contributed by atoms with Crippen LogP contribution in [0.2, 0.25) is 5.02 Å². The number of anilines is 2. The number of carbonyl (C=O) groups excluding carboxylic acids is 1. The summed E-state index contributed by atoms with van der Waals surface area (Å²) in [6.45, 7) is 6.63. The van der Waals surface area contributed by atoms with Crippen LogP contribution in [0.15, 0.2) is 48.5 Å². The summed E-state index contributed by atoms with van der Waals surface area (Å²) in [4.78, 5) is 19.4. The zero-order valence-corrected chi connectivity index (χ0v) is 16.8. The number of piperazine rings is 1. The second-order valence-corrected chi connectivity index (χ2v) is 7.70. The van der Waals surface area contributed by atoms with Crippen molar-refractivity contribution >= 4 is 28.9 Å². The highest BCUT2D eigenvalue weighted by atomic mass is 35.5. The Morgan fingerprint density at radius 1 is 0.821 bits per heavy atom. The average Bonchev–Trinajstić information content (AvgIpc) is 2.76. The molecule has 2 heterocycles. The molecule has 1 amide bonds. The van der Waals surface area contributed by atoms with Crippen molar-refractivity contribution in [3.63, 3.8) is 0 Å². The molecule has 0 spiro atoms. The van der Waals surface area contributed by atoms with Crippen LogP contribution in [0.4, 0.5) is 11.4 Å². The minimum atomic E-state index is 0.184. The molecule has 2 aromatic rings. The van der Waals surface area contributed by atoms with Crippen LogP contribution in [-0.4, -0.2) is 63.3 Å². The van der Waals surface area contributed by atoms with Gasteiger partial charge in [0.25, 0.3) is 0 Å². The summed E-state index contributed by atoms with van der Waals surface area (Å²) >= 11 is 5.93. The fourth-order valence-corrected chi connectivity index (χ4v) is 4.01. The summed E-state index contributed by atoms with van der Waals surface area (Å²) in [7, 11) is 0. The number of morpholine rings is 1. The van der Waals surface area contributed by atoms with E-state index in [2.05, 4.69) is 34.1 Å². The van der Waals surface area contributed by atoms with Crippen molar-refractivity contribution in [2.24, 2.45) is 0 Å². The van der Waals surface area contributed by atoms with Crippen LogP contribution in [0.5, 0.6) is 0 Å². The largest absolute Gasteiger partial charge is 0.378 e. The Bertz CT molecular complexity index is 798. The first-order valence-corrected chi connectivity index (χ1v) is 10.3. The molecule has 6 heteroatoms. The maximum absolute atomic E-state index is 12.7. The van der Waals surface area contributed by atoms with Gasteiger partial charge < -0.3 is 19.4 Å². The molecule has 4 rings (SSSR count). The molecule has 2 aliphatic heterocycles. The monoisotopic (exact) mass is 399 g/mol. The van der Waals surface area contributed by atoms with Crippen LogP contribution in [0.3, 0.4) is 0 Å². The van der Waals surface area contributed by atoms with E-state index in [9.17, 15) is 4.79 Å². The predicted octanol–water partition coefficient (Wildman–Crippen LogP) is 3.07. The molecule has 0 bridgehead atoms.